The summed E-state index contributed by atoms with van der Waals surface area (Å²) in [5.74, 6) is -0.668. The molecule has 19 heavy (non-hydrogen) atoms. The third-order valence-corrected chi connectivity index (χ3v) is 3.01. The Morgan fingerprint density at radius 3 is 2.95 bits per heavy atom. The van der Waals surface area contributed by atoms with Crippen LogP contribution < -0.4 is 5.32 Å². The van der Waals surface area contributed by atoms with E-state index in [2.05, 4.69) is 15.5 Å². The van der Waals surface area contributed by atoms with Gasteiger partial charge in [-0.2, -0.15) is 5.10 Å². The van der Waals surface area contributed by atoms with E-state index >= 15 is 0 Å². The van der Waals surface area contributed by atoms with Crippen LogP contribution in [0.5, 0.6) is 0 Å². The average Bonchev–Trinajstić information content (AvgIpc) is 2.85. The highest BCUT2D eigenvalue weighted by atomic mass is 19.1. The molecule has 1 aliphatic rings. The number of hydrogen-bond acceptors (Lipinski definition) is 3. The summed E-state index contributed by atoms with van der Waals surface area (Å²) in [6, 6.07) is 5.59. The predicted octanol–water partition coefficient (Wildman–Crippen LogP) is 1.87. The van der Waals surface area contributed by atoms with Gasteiger partial charge >= 0.3 is 0 Å². The number of amides is 1. The largest absolute Gasteiger partial charge is 0.376 e. The van der Waals surface area contributed by atoms with Gasteiger partial charge in [0.05, 0.1) is 13.2 Å². The van der Waals surface area contributed by atoms with Crippen LogP contribution in [0.2, 0.25) is 0 Å². The van der Waals surface area contributed by atoms with Gasteiger partial charge in [-0.1, -0.05) is 0 Å². The molecule has 5 nitrogen and oxygen atoms in total. The Labute approximate surface area is 108 Å². The zero-order valence-corrected chi connectivity index (χ0v) is 10.1. The lowest BCUT2D eigenvalue weighted by molar-refractivity contribution is 0.0985. The Kier molecular flexibility index (Phi) is 3.00. The van der Waals surface area contributed by atoms with Crippen LogP contribution in [0, 0.1) is 5.82 Å². The average molecular weight is 261 g/mol. The molecule has 0 unspecified atom stereocenters. The van der Waals surface area contributed by atoms with Crippen molar-refractivity contribution >= 4 is 11.6 Å². The van der Waals surface area contributed by atoms with Crippen LogP contribution in [0.4, 0.5) is 10.1 Å². The number of nitrogens with zero attached hydrogens (tertiary/aromatic N) is 1. The number of ether oxygens (including phenoxy) is 1. The number of carbonyl (C=O) groups excluding carboxylic acids is 1. The van der Waals surface area contributed by atoms with E-state index in [4.69, 9.17) is 4.74 Å². The second kappa shape index (κ2) is 4.81. The van der Waals surface area contributed by atoms with Crippen molar-refractivity contribution in [2.45, 2.75) is 13.0 Å². The molecule has 1 amide bonds. The van der Waals surface area contributed by atoms with Gasteiger partial charge in [0.15, 0.2) is 5.69 Å². The molecule has 1 aliphatic heterocycles. The summed E-state index contributed by atoms with van der Waals surface area (Å²) >= 11 is 0. The van der Waals surface area contributed by atoms with Crippen LogP contribution in [0.15, 0.2) is 24.3 Å². The molecular weight excluding hydrogens is 249 g/mol. The Bertz CT molecular complexity index is 607. The van der Waals surface area contributed by atoms with E-state index in [0.717, 1.165) is 17.7 Å². The van der Waals surface area contributed by atoms with Gasteiger partial charge in [-0.05, 0) is 24.3 Å². The van der Waals surface area contributed by atoms with Gasteiger partial charge in [0, 0.05) is 23.4 Å². The first-order valence-corrected chi connectivity index (χ1v) is 5.95. The van der Waals surface area contributed by atoms with Crippen LogP contribution in [-0.2, 0) is 17.8 Å². The zero-order valence-electron chi connectivity index (χ0n) is 10.1. The summed E-state index contributed by atoms with van der Waals surface area (Å²) in [6.45, 7) is 1.02. The highest BCUT2D eigenvalue weighted by Gasteiger charge is 2.22. The fourth-order valence-corrected chi connectivity index (χ4v) is 2.02. The quantitative estimate of drug-likeness (QED) is 0.867. The van der Waals surface area contributed by atoms with Gasteiger partial charge in [0.1, 0.15) is 5.82 Å². The van der Waals surface area contributed by atoms with Gasteiger partial charge in [0.2, 0.25) is 0 Å². The first kappa shape index (κ1) is 11.9. The minimum atomic E-state index is -0.344. The molecule has 1 aromatic carbocycles. The Morgan fingerprint density at radius 1 is 1.37 bits per heavy atom. The lowest BCUT2D eigenvalue weighted by Gasteiger charge is -2.12. The second-order valence-corrected chi connectivity index (χ2v) is 4.29. The number of aromatic nitrogens is 2. The van der Waals surface area contributed by atoms with Crippen molar-refractivity contribution in [1.29, 1.82) is 0 Å². The molecule has 0 spiro atoms. The minimum absolute atomic E-state index is 0.324. The highest BCUT2D eigenvalue weighted by molar-refractivity contribution is 6.04. The molecule has 0 saturated carbocycles. The molecule has 6 heteroatoms. The first-order chi connectivity index (χ1) is 9.24. The molecule has 0 fully saturated rings. The Morgan fingerprint density at radius 2 is 2.16 bits per heavy atom. The lowest BCUT2D eigenvalue weighted by atomic mass is 10.1. The van der Waals surface area contributed by atoms with Crippen LogP contribution in [0.25, 0.3) is 0 Å². The van der Waals surface area contributed by atoms with Crippen molar-refractivity contribution in [1.82, 2.24) is 10.2 Å². The molecule has 0 saturated heterocycles. The summed E-state index contributed by atoms with van der Waals surface area (Å²) in [7, 11) is 0. The summed E-state index contributed by atoms with van der Waals surface area (Å²) in [5, 5.41) is 9.55. The molecule has 0 aliphatic carbocycles. The maximum atomic E-state index is 12.8. The normalized spacial score (nSPS) is 13.9. The summed E-state index contributed by atoms with van der Waals surface area (Å²) < 4.78 is 18.1. The van der Waals surface area contributed by atoms with E-state index in [9.17, 15) is 9.18 Å². The predicted molar refractivity (Wildman–Crippen MR) is 66.3 cm³/mol. The molecule has 0 bridgehead atoms. The highest BCUT2D eigenvalue weighted by Crippen LogP contribution is 2.19. The Balaban J connectivity index is 1.80. The lowest BCUT2D eigenvalue weighted by Crippen LogP contribution is -2.17. The topological polar surface area (TPSA) is 67.0 Å². The molecule has 2 aromatic rings. The number of rotatable bonds is 2. The maximum absolute atomic E-state index is 12.8. The fraction of sp³-hybridized carbons (Fsp3) is 0.231. The SMILES string of the molecule is O=C(Nc1ccc(F)cc1)c1n[nH]c2c1COCC2. The number of nitrogens with one attached hydrogen (secondary N) is 2. The number of H-pyrrole nitrogens is 1. The van der Waals surface area contributed by atoms with Crippen LogP contribution in [0.1, 0.15) is 21.7 Å². The van der Waals surface area contributed by atoms with Crippen molar-refractivity contribution in [3.8, 4) is 0 Å². The van der Waals surface area contributed by atoms with E-state index in [1.807, 2.05) is 0 Å². The molecule has 98 valence electrons. The van der Waals surface area contributed by atoms with Crippen molar-refractivity contribution in [3.05, 3.63) is 47.0 Å². The van der Waals surface area contributed by atoms with Crippen LogP contribution >= 0.6 is 0 Å². The monoisotopic (exact) mass is 261 g/mol. The van der Waals surface area contributed by atoms with E-state index in [1.165, 1.54) is 24.3 Å². The minimum Gasteiger partial charge on any atom is -0.376 e. The number of fused-ring (bicyclic) bond motifs is 1. The third kappa shape index (κ3) is 2.34. The fourth-order valence-electron chi connectivity index (χ4n) is 2.02. The van der Waals surface area contributed by atoms with Gasteiger partial charge in [-0.15, -0.1) is 0 Å². The molecule has 0 radical (unpaired) electrons. The first-order valence-electron chi connectivity index (χ1n) is 5.95. The zero-order chi connectivity index (χ0) is 13.2. The number of carbonyl (C=O) groups is 1. The molecule has 3 rings (SSSR count). The Hall–Kier alpha value is -2.21. The summed E-state index contributed by atoms with van der Waals surface area (Å²) in [5.41, 5.74) is 2.60. The van der Waals surface area contributed by atoms with Crippen LogP contribution in [0.3, 0.4) is 0 Å². The number of hydrogen-bond donors (Lipinski definition) is 2. The number of aromatic amines is 1. The van der Waals surface area contributed by atoms with E-state index < -0.39 is 0 Å². The van der Waals surface area contributed by atoms with Crippen molar-refractivity contribution < 1.29 is 13.9 Å². The molecular formula is C13H12FN3O2. The number of anilines is 1. The number of benzene rings is 1. The van der Waals surface area contributed by atoms with E-state index in [0.29, 0.717) is 24.6 Å². The maximum Gasteiger partial charge on any atom is 0.276 e. The summed E-state index contributed by atoms with van der Waals surface area (Å²) in [4.78, 5) is 12.1. The molecule has 1 aromatic heterocycles. The van der Waals surface area contributed by atoms with E-state index in [-0.39, 0.29) is 11.7 Å². The van der Waals surface area contributed by atoms with Crippen molar-refractivity contribution in [2.24, 2.45) is 0 Å². The second-order valence-electron chi connectivity index (χ2n) is 4.29. The molecule has 0 atom stereocenters. The van der Waals surface area contributed by atoms with Gasteiger partial charge in [-0.25, -0.2) is 4.39 Å². The van der Waals surface area contributed by atoms with Gasteiger partial charge in [0.25, 0.3) is 5.91 Å². The summed E-state index contributed by atoms with van der Waals surface area (Å²) in [6.07, 6.45) is 0.728. The van der Waals surface area contributed by atoms with Gasteiger partial charge in [-0.3, -0.25) is 9.89 Å². The van der Waals surface area contributed by atoms with Crippen molar-refractivity contribution in [2.75, 3.05) is 11.9 Å². The molecule has 2 heterocycles. The standard InChI is InChI=1S/C13H12FN3O2/c14-8-1-3-9(4-2-8)15-13(18)12-10-7-19-6-5-11(10)16-17-12/h1-4H,5-7H2,(H,15,18)(H,16,17). The smallest absolute Gasteiger partial charge is 0.276 e. The third-order valence-electron chi connectivity index (χ3n) is 3.01. The van der Waals surface area contributed by atoms with E-state index in [1.54, 1.807) is 0 Å². The molecule has 2 N–H and O–H groups in total. The van der Waals surface area contributed by atoms with Gasteiger partial charge < -0.3 is 10.1 Å². The van der Waals surface area contributed by atoms with Crippen LogP contribution in [-0.4, -0.2) is 22.7 Å². The number of halogens is 1. The van der Waals surface area contributed by atoms with Crippen molar-refractivity contribution in [3.63, 3.8) is 0 Å².